The number of hydrogen-bond acceptors (Lipinski definition) is 5. The van der Waals surface area contributed by atoms with Crippen LogP contribution >= 0.6 is 0 Å². The molecule has 5 nitrogen and oxygen atoms in total. The van der Waals surface area contributed by atoms with Crippen molar-refractivity contribution in [2.75, 3.05) is 0 Å². The van der Waals surface area contributed by atoms with Crippen LogP contribution in [0.2, 0.25) is 0 Å². The molecule has 3 heterocycles. The zero-order valence-electron chi connectivity index (χ0n) is 16.4. The van der Waals surface area contributed by atoms with Crippen LogP contribution in [-0.4, -0.2) is 21.2 Å². The van der Waals surface area contributed by atoms with Crippen LogP contribution in [0.15, 0.2) is 79.1 Å². The van der Waals surface area contributed by atoms with Crippen LogP contribution in [-0.2, 0) is 13.0 Å². The number of fused-ring (bicyclic) bond motifs is 2. The van der Waals surface area contributed by atoms with Crippen molar-refractivity contribution >= 4 is 10.9 Å². The molecule has 1 aliphatic heterocycles. The first kappa shape index (κ1) is 18.6. The summed E-state index contributed by atoms with van der Waals surface area (Å²) < 4.78 is 12.1. The number of rotatable bonds is 5. The number of aliphatic hydroxyl groups excluding tert-OH is 1. The molecule has 0 bridgehead atoms. The average molecular weight is 398 g/mol. The molecule has 1 aliphatic rings. The number of hydrogen-bond donors (Lipinski definition) is 1. The lowest BCUT2D eigenvalue weighted by Crippen LogP contribution is -2.27. The molecule has 0 fully saturated rings. The Morgan fingerprint density at radius 1 is 1.03 bits per heavy atom. The van der Waals surface area contributed by atoms with Gasteiger partial charge in [-0.3, -0.25) is 4.98 Å². The average Bonchev–Trinajstić information content (AvgIpc) is 2.78. The van der Waals surface area contributed by atoms with Crippen molar-refractivity contribution in [3.05, 3.63) is 95.9 Å². The fourth-order valence-corrected chi connectivity index (χ4v) is 3.84. The highest BCUT2D eigenvalue weighted by molar-refractivity contribution is 5.78. The van der Waals surface area contributed by atoms with Gasteiger partial charge in [0.25, 0.3) is 0 Å². The fourth-order valence-electron chi connectivity index (χ4n) is 3.84. The van der Waals surface area contributed by atoms with E-state index in [1.165, 1.54) is 0 Å². The monoisotopic (exact) mass is 398 g/mol. The van der Waals surface area contributed by atoms with Crippen molar-refractivity contribution in [1.82, 2.24) is 9.97 Å². The molecule has 0 amide bonds. The molecule has 0 saturated carbocycles. The van der Waals surface area contributed by atoms with E-state index in [0.717, 1.165) is 34.1 Å². The van der Waals surface area contributed by atoms with Gasteiger partial charge < -0.3 is 14.6 Å². The standard InChI is InChI=1S/C25H22N2O3/c28-24-14-21(12-17-4-3-11-26-15-17)30-25-10-9-20(13-22(24)25)29-16-19-8-7-18-5-1-2-6-23(18)27-19/h1-11,13,15,21,24,28H,12,14,16H2/t21-,24+/m0/s1. The maximum atomic E-state index is 10.7. The Bertz CT molecular complexity index is 1160. The summed E-state index contributed by atoms with van der Waals surface area (Å²) >= 11 is 0. The van der Waals surface area contributed by atoms with E-state index in [4.69, 9.17) is 9.47 Å². The molecule has 0 radical (unpaired) electrons. The number of aliphatic hydroxyl groups is 1. The predicted molar refractivity (Wildman–Crippen MR) is 114 cm³/mol. The smallest absolute Gasteiger partial charge is 0.130 e. The number of nitrogens with zero attached hydrogens (tertiary/aromatic N) is 2. The minimum absolute atomic E-state index is 0.0785. The molecule has 2 aromatic heterocycles. The topological polar surface area (TPSA) is 64.5 Å². The summed E-state index contributed by atoms with van der Waals surface area (Å²) in [5, 5.41) is 11.8. The highest BCUT2D eigenvalue weighted by Gasteiger charge is 2.27. The highest BCUT2D eigenvalue weighted by atomic mass is 16.5. The van der Waals surface area contributed by atoms with Crippen LogP contribution < -0.4 is 9.47 Å². The summed E-state index contributed by atoms with van der Waals surface area (Å²) in [6.07, 6.45) is 4.18. The third kappa shape index (κ3) is 3.98. The first-order valence-electron chi connectivity index (χ1n) is 10.1. The first-order valence-corrected chi connectivity index (χ1v) is 10.1. The highest BCUT2D eigenvalue weighted by Crippen LogP contribution is 2.38. The van der Waals surface area contributed by atoms with E-state index in [0.29, 0.717) is 24.5 Å². The van der Waals surface area contributed by atoms with E-state index in [1.807, 2.05) is 72.9 Å². The van der Waals surface area contributed by atoms with Crippen LogP contribution in [0.25, 0.3) is 10.9 Å². The Morgan fingerprint density at radius 3 is 2.87 bits per heavy atom. The lowest BCUT2D eigenvalue weighted by molar-refractivity contribution is 0.0658. The summed E-state index contributed by atoms with van der Waals surface area (Å²) in [6.45, 7) is 0.365. The van der Waals surface area contributed by atoms with Gasteiger partial charge in [-0.2, -0.15) is 0 Å². The van der Waals surface area contributed by atoms with Crippen molar-refractivity contribution in [2.24, 2.45) is 0 Å². The predicted octanol–water partition coefficient (Wildman–Crippen LogP) is 4.64. The Morgan fingerprint density at radius 2 is 1.97 bits per heavy atom. The molecule has 5 rings (SSSR count). The Labute approximate surface area is 175 Å². The van der Waals surface area contributed by atoms with Crippen LogP contribution in [0.3, 0.4) is 0 Å². The van der Waals surface area contributed by atoms with Gasteiger partial charge in [0.05, 0.1) is 17.3 Å². The minimum Gasteiger partial charge on any atom is -0.490 e. The van der Waals surface area contributed by atoms with Gasteiger partial charge in [-0.1, -0.05) is 30.3 Å². The third-order valence-electron chi connectivity index (χ3n) is 5.35. The van der Waals surface area contributed by atoms with Gasteiger partial charge in [-0.05, 0) is 42.0 Å². The molecule has 5 heteroatoms. The molecule has 1 N–H and O–H groups in total. The third-order valence-corrected chi connectivity index (χ3v) is 5.35. The zero-order valence-corrected chi connectivity index (χ0v) is 16.4. The van der Waals surface area contributed by atoms with Crippen molar-refractivity contribution < 1.29 is 14.6 Å². The van der Waals surface area contributed by atoms with Gasteiger partial charge in [0, 0.05) is 36.2 Å². The Hall–Kier alpha value is -3.44. The van der Waals surface area contributed by atoms with Crippen molar-refractivity contribution in [3.8, 4) is 11.5 Å². The normalized spacial score (nSPS) is 17.9. The summed E-state index contributed by atoms with van der Waals surface area (Å²) in [6, 6.07) is 21.6. The fraction of sp³-hybridized carbons (Fsp3) is 0.200. The summed E-state index contributed by atoms with van der Waals surface area (Å²) in [5.74, 6) is 1.40. The lowest BCUT2D eigenvalue weighted by Gasteiger charge is -2.30. The molecule has 0 aliphatic carbocycles. The second-order valence-corrected chi connectivity index (χ2v) is 7.54. The van der Waals surface area contributed by atoms with Gasteiger partial charge in [-0.15, -0.1) is 0 Å². The van der Waals surface area contributed by atoms with Gasteiger partial charge >= 0.3 is 0 Å². The van der Waals surface area contributed by atoms with Crippen molar-refractivity contribution in [2.45, 2.75) is 31.7 Å². The Kier molecular flexibility index (Phi) is 5.03. The molecule has 0 spiro atoms. The minimum atomic E-state index is -0.585. The van der Waals surface area contributed by atoms with Crippen molar-refractivity contribution in [3.63, 3.8) is 0 Å². The largest absolute Gasteiger partial charge is 0.490 e. The second kappa shape index (κ2) is 8.13. The summed E-state index contributed by atoms with van der Waals surface area (Å²) in [4.78, 5) is 8.79. The zero-order chi connectivity index (χ0) is 20.3. The van der Waals surface area contributed by atoms with E-state index >= 15 is 0 Å². The lowest BCUT2D eigenvalue weighted by atomic mass is 9.95. The first-order chi connectivity index (χ1) is 14.7. The number of benzene rings is 2. The molecule has 0 unspecified atom stereocenters. The SMILES string of the molecule is O[C@@H]1C[C@H](Cc2cccnc2)Oc2ccc(OCc3ccc4ccccc4n3)cc21. The molecular formula is C25H22N2O3. The van der Waals surface area contributed by atoms with E-state index < -0.39 is 6.10 Å². The van der Waals surface area contributed by atoms with E-state index in [9.17, 15) is 5.11 Å². The van der Waals surface area contributed by atoms with Crippen LogP contribution in [0.4, 0.5) is 0 Å². The summed E-state index contributed by atoms with van der Waals surface area (Å²) in [5.41, 5.74) is 3.68. The Balaban J connectivity index is 1.27. The molecule has 2 aromatic carbocycles. The van der Waals surface area contributed by atoms with E-state index in [-0.39, 0.29) is 6.10 Å². The van der Waals surface area contributed by atoms with E-state index in [1.54, 1.807) is 6.20 Å². The number of para-hydroxylation sites is 1. The van der Waals surface area contributed by atoms with Gasteiger partial charge in [0.1, 0.15) is 24.2 Å². The quantitative estimate of drug-likeness (QED) is 0.531. The van der Waals surface area contributed by atoms with Crippen molar-refractivity contribution in [1.29, 1.82) is 0 Å². The van der Waals surface area contributed by atoms with Crippen LogP contribution in [0.5, 0.6) is 11.5 Å². The van der Waals surface area contributed by atoms with Gasteiger partial charge in [-0.25, -0.2) is 4.98 Å². The van der Waals surface area contributed by atoms with Crippen LogP contribution in [0, 0.1) is 0 Å². The molecule has 30 heavy (non-hydrogen) atoms. The number of aromatic nitrogens is 2. The maximum Gasteiger partial charge on any atom is 0.130 e. The molecule has 4 aromatic rings. The molecule has 150 valence electrons. The second-order valence-electron chi connectivity index (χ2n) is 7.54. The molecule has 2 atom stereocenters. The summed E-state index contributed by atoms with van der Waals surface area (Å²) in [7, 11) is 0. The van der Waals surface area contributed by atoms with Gasteiger partial charge in [0.2, 0.25) is 0 Å². The maximum absolute atomic E-state index is 10.7. The number of pyridine rings is 2. The molecular weight excluding hydrogens is 376 g/mol. The van der Waals surface area contributed by atoms with E-state index in [2.05, 4.69) is 9.97 Å². The van der Waals surface area contributed by atoms with Gasteiger partial charge in [0.15, 0.2) is 0 Å². The molecule has 0 saturated heterocycles. The van der Waals surface area contributed by atoms with Crippen LogP contribution in [0.1, 0.15) is 29.3 Å². The number of ether oxygens (including phenoxy) is 2.